The van der Waals surface area contributed by atoms with E-state index in [9.17, 15) is 0 Å². The number of hydrogen-bond donors (Lipinski definition) is 0. The van der Waals surface area contributed by atoms with Crippen LogP contribution in [0.4, 0.5) is 5.82 Å². The van der Waals surface area contributed by atoms with Gasteiger partial charge in [-0.05, 0) is 18.6 Å². The van der Waals surface area contributed by atoms with Crippen molar-refractivity contribution in [2.24, 2.45) is 0 Å². The van der Waals surface area contributed by atoms with Gasteiger partial charge in [0.05, 0.1) is 51.3 Å². The van der Waals surface area contributed by atoms with Gasteiger partial charge in [0.1, 0.15) is 17.7 Å². The van der Waals surface area contributed by atoms with Gasteiger partial charge in [0.25, 0.3) is 0 Å². The van der Waals surface area contributed by atoms with Gasteiger partial charge in [-0.15, -0.1) is 0 Å². The van der Waals surface area contributed by atoms with Gasteiger partial charge in [-0.3, -0.25) is 4.90 Å². The van der Waals surface area contributed by atoms with Crippen LogP contribution >= 0.6 is 0 Å². The molecule has 2 aromatic heterocycles. The third-order valence-corrected chi connectivity index (χ3v) is 6.90. The fourth-order valence-electron chi connectivity index (χ4n) is 4.78. The summed E-state index contributed by atoms with van der Waals surface area (Å²) in [6.45, 7) is 8.90. The number of nitrogens with zero attached hydrogens (tertiary/aromatic N) is 6. The second-order valence-corrected chi connectivity index (χ2v) is 9.12. The van der Waals surface area contributed by atoms with E-state index >= 15 is 0 Å². The van der Waals surface area contributed by atoms with Crippen LogP contribution in [0.25, 0.3) is 16.7 Å². The van der Waals surface area contributed by atoms with Crippen molar-refractivity contribution in [1.82, 2.24) is 24.6 Å². The lowest BCUT2D eigenvalue weighted by Gasteiger charge is -2.42. The zero-order valence-electron chi connectivity index (χ0n) is 19.6. The third-order valence-electron chi connectivity index (χ3n) is 6.90. The van der Waals surface area contributed by atoms with Gasteiger partial charge in [0.2, 0.25) is 0 Å². The number of aromatic nitrogens is 4. The number of fused-ring (bicyclic) bond motifs is 1. The highest BCUT2D eigenvalue weighted by molar-refractivity contribution is 5.83. The van der Waals surface area contributed by atoms with Gasteiger partial charge in [0, 0.05) is 50.1 Å². The summed E-state index contributed by atoms with van der Waals surface area (Å²) in [6.07, 6.45) is 2.85. The molecule has 6 rings (SSSR count). The van der Waals surface area contributed by atoms with Crippen molar-refractivity contribution in [3.8, 4) is 17.6 Å². The van der Waals surface area contributed by atoms with Crippen LogP contribution < -0.4 is 14.4 Å². The minimum atomic E-state index is 0.0865. The van der Waals surface area contributed by atoms with Crippen molar-refractivity contribution in [2.45, 2.75) is 25.5 Å². The van der Waals surface area contributed by atoms with Gasteiger partial charge >= 0.3 is 6.01 Å². The van der Waals surface area contributed by atoms with E-state index in [0.29, 0.717) is 24.5 Å². The first-order valence-electron chi connectivity index (χ1n) is 11.9. The van der Waals surface area contributed by atoms with E-state index < -0.39 is 0 Å². The molecule has 34 heavy (non-hydrogen) atoms. The topological polar surface area (TPSA) is 87.0 Å². The van der Waals surface area contributed by atoms with Crippen LogP contribution in [0, 0.1) is 6.92 Å². The molecule has 1 atom stereocenters. The number of benzene rings is 1. The molecule has 10 nitrogen and oxygen atoms in total. The first kappa shape index (κ1) is 21.6. The monoisotopic (exact) mass is 466 g/mol. The summed E-state index contributed by atoms with van der Waals surface area (Å²) in [4.78, 5) is 14.0. The second-order valence-electron chi connectivity index (χ2n) is 9.12. The molecular formula is C24H30N6O4. The number of anilines is 1. The Bertz CT molecular complexity index is 1170. The van der Waals surface area contributed by atoms with Gasteiger partial charge in [-0.25, -0.2) is 4.68 Å². The van der Waals surface area contributed by atoms with Crippen LogP contribution in [-0.4, -0.2) is 96.5 Å². The van der Waals surface area contributed by atoms with Crippen molar-refractivity contribution in [3.05, 3.63) is 30.0 Å². The molecule has 3 aromatic rings. The lowest BCUT2D eigenvalue weighted by atomic mass is 10.1. The fourth-order valence-corrected chi connectivity index (χ4v) is 4.78. The quantitative estimate of drug-likeness (QED) is 0.540. The Morgan fingerprint density at radius 2 is 1.79 bits per heavy atom. The zero-order chi connectivity index (χ0) is 23.1. The van der Waals surface area contributed by atoms with Crippen LogP contribution in [0.5, 0.6) is 11.8 Å². The summed E-state index contributed by atoms with van der Waals surface area (Å²) in [6, 6.07) is 7.03. The molecule has 5 heterocycles. The molecule has 0 N–H and O–H groups in total. The Morgan fingerprint density at radius 3 is 2.50 bits per heavy atom. The van der Waals surface area contributed by atoms with Crippen LogP contribution in [0.2, 0.25) is 0 Å². The highest BCUT2D eigenvalue weighted by Crippen LogP contribution is 2.30. The molecule has 0 bridgehead atoms. The average Bonchev–Trinajstić information content (AvgIpc) is 3.48. The molecule has 0 amide bonds. The Kier molecular flexibility index (Phi) is 5.72. The van der Waals surface area contributed by atoms with E-state index in [0.717, 1.165) is 80.5 Å². The normalized spacial score (nSPS) is 21.7. The van der Waals surface area contributed by atoms with Crippen molar-refractivity contribution in [3.63, 3.8) is 0 Å². The molecule has 1 aromatic carbocycles. The summed E-state index contributed by atoms with van der Waals surface area (Å²) in [5, 5.41) is 5.68. The molecule has 0 unspecified atom stereocenters. The van der Waals surface area contributed by atoms with Gasteiger partial charge in [0.15, 0.2) is 5.82 Å². The average molecular weight is 467 g/mol. The zero-order valence-corrected chi connectivity index (χ0v) is 19.6. The fraction of sp³-hybridized carbons (Fsp3) is 0.542. The molecule has 3 saturated heterocycles. The predicted molar refractivity (Wildman–Crippen MR) is 126 cm³/mol. The van der Waals surface area contributed by atoms with E-state index in [2.05, 4.69) is 37.9 Å². The summed E-state index contributed by atoms with van der Waals surface area (Å²) in [7, 11) is 1.59. The van der Waals surface area contributed by atoms with E-state index in [4.69, 9.17) is 18.9 Å². The minimum Gasteiger partial charge on any atom is -0.488 e. The molecule has 0 spiro atoms. The first-order valence-corrected chi connectivity index (χ1v) is 11.9. The summed E-state index contributed by atoms with van der Waals surface area (Å²) < 4.78 is 24.4. The number of hydrogen-bond acceptors (Lipinski definition) is 9. The van der Waals surface area contributed by atoms with E-state index in [1.54, 1.807) is 7.11 Å². The Balaban J connectivity index is 1.30. The lowest BCUT2D eigenvalue weighted by Crippen LogP contribution is -2.56. The van der Waals surface area contributed by atoms with Gasteiger partial charge in [-0.1, -0.05) is 0 Å². The minimum absolute atomic E-state index is 0.0865. The molecule has 3 fully saturated rings. The third kappa shape index (κ3) is 4.06. The maximum atomic E-state index is 6.24. The molecule has 10 heteroatoms. The van der Waals surface area contributed by atoms with Crippen LogP contribution in [-0.2, 0) is 9.47 Å². The van der Waals surface area contributed by atoms with Crippen LogP contribution in [0.3, 0.4) is 0 Å². The maximum Gasteiger partial charge on any atom is 0.320 e. The van der Waals surface area contributed by atoms with E-state index in [1.807, 2.05) is 23.0 Å². The SMILES string of the molecule is COc1nc(N2CCN(C3COC3)CC2)cc(-n2ncc3cc(C)c(O[C@H]4CCOC4)cc32)n1. The summed E-state index contributed by atoms with van der Waals surface area (Å²) >= 11 is 0. The van der Waals surface area contributed by atoms with Crippen molar-refractivity contribution in [1.29, 1.82) is 0 Å². The van der Waals surface area contributed by atoms with Crippen molar-refractivity contribution < 1.29 is 18.9 Å². The lowest BCUT2D eigenvalue weighted by molar-refractivity contribution is -0.0661. The maximum absolute atomic E-state index is 6.24. The van der Waals surface area contributed by atoms with E-state index in [-0.39, 0.29) is 6.10 Å². The molecular weight excluding hydrogens is 436 g/mol. The Labute approximate surface area is 198 Å². The summed E-state index contributed by atoms with van der Waals surface area (Å²) in [5.74, 6) is 2.37. The first-order chi connectivity index (χ1) is 16.7. The highest BCUT2D eigenvalue weighted by Gasteiger charge is 2.29. The summed E-state index contributed by atoms with van der Waals surface area (Å²) in [5.41, 5.74) is 2.01. The molecule has 0 aliphatic carbocycles. The van der Waals surface area contributed by atoms with Crippen molar-refractivity contribution >= 4 is 16.7 Å². The van der Waals surface area contributed by atoms with Gasteiger partial charge in [-0.2, -0.15) is 15.1 Å². The van der Waals surface area contributed by atoms with Crippen LogP contribution in [0.1, 0.15) is 12.0 Å². The number of rotatable bonds is 6. The number of piperazine rings is 1. The van der Waals surface area contributed by atoms with Gasteiger partial charge < -0.3 is 23.8 Å². The van der Waals surface area contributed by atoms with E-state index in [1.165, 1.54) is 0 Å². The number of aryl methyl sites for hydroxylation is 1. The Morgan fingerprint density at radius 1 is 0.971 bits per heavy atom. The molecule has 3 aliphatic heterocycles. The smallest absolute Gasteiger partial charge is 0.320 e. The molecule has 3 aliphatic rings. The number of ether oxygens (including phenoxy) is 4. The largest absolute Gasteiger partial charge is 0.488 e. The standard InChI is InChI=1S/C24H30N6O4/c1-16-9-17-12-25-30(20(17)10-21(16)34-19-3-8-32-15-19)23-11-22(26-24(27-23)31-2)29-6-4-28(5-7-29)18-13-33-14-18/h9-12,18-19H,3-8,13-15H2,1-2H3/t19-/m0/s1. The van der Waals surface area contributed by atoms with Crippen molar-refractivity contribution in [2.75, 3.05) is 64.6 Å². The predicted octanol–water partition coefficient (Wildman–Crippen LogP) is 1.82. The second kappa shape index (κ2) is 9.01. The number of methoxy groups -OCH3 is 1. The van der Waals surface area contributed by atoms with Crippen LogP contribution in [0.15, 0.2) is 24.4 Å². The molecule has 0 radical (unpaired) electrons. The Hall–Kier alpha value is -2.95. The molecule has 180 valence electrons. The molecule has 0 saturated carbocycles. The highest BCUT2D eigenvalue weighted by atomic mass is 16.5.